The van der Waals surface area contributed by atoms with Gasteiger partial charge in [0.05, 0.1) is 29.1 Å². The number of hydrogen-bond donors (Lipinski definition) is 2. The zero-order valence-corrected chi connectivity index (χ0v) is 23.9. The van der Waals surface area contributed by atoms with Crippen LogP contribution in [0.3, 0.4) is 0 Å². The van der Waals surface area contributed by atoms with Crippen LogP contribution in [0, 0.1) is 12.7 Å². The molecule has 2 aromatic carbocycles. The molecular weight excluding hydrogens is 547 g/mol. The van der Waals surface area contributed by atoms with Gasteiger partial charge in [0.25, 0.3) is 5.56 Å². The van der Waals surface area contributed by atoms with Crippen molar-refractivity contribution in [2.24, 2.45) is 7.05 Å². The smallest absolute Gasteiger partial charge is 0.320 e. The number of methoxy groups -OCH3 is 1. The summed E-state index contributed by atoms with van der Waals surface area (Å²) in [5, 5.41) is 10.9. The lowest BCUT2D eigenvalue weighted by Crippen LogP contribution is -2.42. The first-order valence-electron chi connectivity index (χ1n) is 13.3. The maximum Gasteiger partial charge on any atom is 0.320 e. The summed E-state index contributed by atoms with van der Waals surface area (Å²) < 4.78 is 22.7. The van der Waals surface area contributed by atoms with Gasteiger partial charge in [-0.3, -0.25) is 15.0 Å². The molecule has 9 nitrogen and oxygen atoms in total. The molecule has 4 aromatic rings. The van der Waals surface area contributed by atoms with Crippen LogP contribution in [-0.4, -0.2) is 64.7 Å². The minimum absolute atomic E-state index is 0.0574. The Kier molecular flexibility index (Phi) is 8.53. The summed E-state index contributed by atoms with van der Waals surface area (Å²) in [5.41, 5.74) is 3.30. The van der Waals surface area contributed by atoms with Crippen molar-refractivity contribution in [3.05, 3.63) is 99.2 Å². The molecule has 0 aliphatic carbocycles. The van der Waals surface area contributed by atoms with Crippen LogP contribution in [0.1, 0.15) is 17.0 Å². The van der Waals surface area contributed by atoms with Gasteiger partial charge in [0.1, 0.15) is 11.6 Å². The second-order valence-corrected chi connectivity index (χ2v) is 10.6. The number of benzene rings is 2. The number of rotatable bonds is 8. The normalized spacial score (nSPS) is 17.1. The highest BCUT2D eigenvalue weighted by atomic mass is 35.5. The highest BCUT2D eigenvalue weighted by molar-refractivity contribution is 6.30. The molecular formula is C30H32ClFN6O3. The van der Waals surface area contributed by atoms with Crippen molar-refractivity contribution < 1.29 is 13.9 Å². The molecule has 0 unspecified atom stereocenters. The van der Waals surface area contributed by atoms with Gasteiger partial charge in [-0.2, -0.15) is 5.10 Å². The lowest BCUT2D eigenvalue weighted by atomic mass is 9.94. The fourth-order valence-corrected chi connectivity index (χ4v) is 5.31. The fraction of sp³-hybridized carbons (Fsp3) is 0.300. The maximum absolute atomic E-state index is 14.4. The molecule has 0 saturated carbocycles. The number of amides is 2. The van der Waals surface area contributed by atoms with Crippen molar-refractivity contribution in [2.75, 3.05) is 38.7 Å². The third-order valence-corrected chi connectivity index (χ3v) is 7.73. The summed E-state index contributed by atoms with van der Waals surface area (Å²) in [7, 11) is 3.33. The van der Waals surface area contributed by atoms with Crippen molar-refractivity contribution in [1.29, 1.82) is 0 Å². The summed E-state index contributed by atoms with van der Waals surface area (Å²) in [6.45, 7) is 4.28. The molecule has 1 aliphatic heterocycles. The fourth-order valence-electron chi connectivity index (χ4n) is 5.20. The molecule has 11 heteroatoms. The number of nitrogens with one attached hydrogen (secondary N) is 2. The molecule has 1 saturated heterocycles. The summed E-state index contributed by atoms with van der Waals surface area (Å²) >= 11 is 5.93. The van der Waals surface area contributed by atoms with Crippen molar-refractivity contribution in [1.82, 2.24) is 24.6 Å². The second-order valence-electron chi connectivity index (χ2n) is 10.2. The Morgan fingerprint density at radius 1 is 1.15 bits per heavy atom. The Labute approximate surface area is 242 Å². The molecule has 0 radical (unpaired) electrons. The van der Waals surface area contributed by atoms with Crippen molar-refractivity contribution in [3.63, 3.8) is 0 Å². The standard InChI is InChI=1S/C30H32ClFN6O3/c1-19-28(21-11-12-36(2)27(39)16-21)35-38(22-7-5-4-6-8-22)29(19)34-30(40)33-26-18-37(13-14-41-3)17-23(26)20-9-10-24(31)25(32)15-20/h4-12,15-16,23,26H,13-14,17-18H2,1-3H3,(H2,33,34,40)/t23-,26+/m0/s1. The first-order valence-corrected chi connectivity index (χ1v) is 13.7. The molecule has 5 rings (SSSR count). The van der Waals surface area contributed by atoms with E-state index in [2.05, 4.69) is 15.5 Å². The van der Waals surface area contributed by atoms with E-state index in [-0.39, 0.29) is 22.5 Å². The van der Waals surface area contributed by atoms with E-state index in [0.29, 0.717) is 48.9 Å². The predicted molar refractivity (Wildman–Crippen MR) is 157 cm³/mol. The molecule has 1 fully saturated rings. The number of likely N-dealkylation sites (tertiary alicyclic amines) is 1. The van der Waals surface area contributed by atoms with Crippen LogP contribution in [0.15, 0.2) is 71.7 Å². The highest BCUT2D eigenvalue weighted by Gasteiger charge is 2.35. The maximum atomic E-state index is 14.4. The summed E-state index contributed by atoms with van der Waals surface area (Å²) in [6.07, 6.45) is 1.69. The average Bonchev–Trinajstić information content (AvgIpc) is 3.51. The van der Waals surface area contributed by atoms with Crippen LogP contribution in [0.5, 0.6) is 0 Å². The van der Waals surface area contributed by atoms with E-state index < -0.39 is 11.8 Å². The second kappa shape index (κ2) is 12.3. The van der Waals surface area contributed by atoms with Gasteiger partial charge in [0.15, 0.2) is 0 Å². The number of pyridine rings is 1. The first kappa shape index (κ1) is 28.5. The Morgan fingerprint density at radius 2 is 1.93 bits per heavy atom. The zero-order valence-electron chi connectivity index (χ0n) is 23.1. The third kappa shape index (κ3) is 6.19. The number of nitrogens with zero attached hydrogens (tertiary/aromatic N) is 4. The number of hydrogen-bond acceptors (Lipinski definition) is 5. The van der Waals surface area contributed by atoms with E-state index in [4.69, 9.17) is 21.4 Å². The highest BCUT2D eigenvalue weighted by Crippen LogP contribution is 2.32. The van der Waals surface area contributed by atoms with Gasteiger partial charge in [0, 0.05) is 63.1 Å². The van der Waals surface area contributed by atoms with Crippen molar-refractivity contribution >= 4 is 23.4 Å². The van der Waals surface area contributed by atoms with E-state index in [9.17, 15) is 14.0 Å². The molecule has 0 spiro atoms. The number of carbonyl (C=O) groups is 1. The van der Waals surface area contributed by atoms with E-state index in [1.54, 1.807) is 37.2 Å². The molecule has 2 N–H and O–H groups in total. The zero-order chi connectivity index (χ0) is 29.1. The largest absolute Gasteiger partial charge is 0.383 e. The number of aromatic nitrogens is 3. The van der Waals surface area contributed by atoms with E-state index >= 15 is 0 Å². The lowest BCUT2D eigenvalue weighted by molar-refractivity contribution is 0.159. The van der Waals surface area contributed by atoms with Crippen LogP contribution in [0.2, 0.25) is 5.02 Å². The minimum Gasteiger partial charge on any atom is -0.383 e. The van der Waals surface area contributed by atoms with Crippen LogP contribution in [-0.2, 0) is 11.8 Å². The Morgan fingerprint density at radius 3 is 2.63 bits per heavy atom. The number of urea groups is 1. The third-order valence-electron chi connectivity index (χ3n) is 7.43. The van der Waals surface area contributed by atoms with Gasteiger partial charge in [0.2, 0.25) is 0 Å². The van der Waals surface area contributed by atoms with E-state index in [1.807, 2.05) is 43.3 Å². The Hall–Kier alpha value is -3.99. The van der Waals surface area contributed by atoms with Gasteiger partial charge in [-0.15, -0.1) is 0 Å². The van der Waals surface area contributed by atoms with E-state index in [1.165, 1.54) is 16.7 Å². The van der Waals surface area contributed by atoms with Gasteiger partial charge in [-0.05, 0) is 42.8 Å². The summed E-state index contributed by atoms with van der Waals surface area (Å²) in [4.78, 5) is 28.0. The monoisotopic (exact) mass is 578 g/mol. The van der Waals surface area contributed by atoms with Gasteiger partial charge >= 0.3 is 6.03 Å². The van der Waals surface area contributed by atoms with E-state index in [0.717, 1.165) is 11.3 Å². The molecule has 0 bridgehead atoms. The van der Waals surface area contributed by atoms with Gasteiger partial charge < -0.3 is 14.6 Å². The summed E-state index contributed by atoms with van der Waals surface area (Å²) in [5.74, 6) is -0.165. The van der Waals surface area contributed by atoms with Crippen LogP contribution in [0.4, 0.5) is 15.0 Å². The SMILES string of the molecule is COCCN1C[C@@H](NC(=O)Nc2c(C)c(-c3ccn(C)c(=O)c3)nn2-c2ccccc2)[C@H](c2ccc(Cl)c(F)c2)C1. The number of para-hydroxylation sites is 1. The van der Waals surface area contributed by atoms with Crippen LogP contribution >= 0.6 is 11.6 Å². The quantitative estimate of drug-likeness (QED) is 0.319. The predicted octanol–water partition coefficient (Wildman–Crippen LogP) is 4.57. The number of anilines is 1. The number of halogens is 2. The number of aryl methyl sites for hydroxylation is 1. The minimum atomic E-state index is -0.492. The molecule has 41 heavy (non-hydrogen) atoms. The molecule has 2 amide bonds. The first-order chi connectivity index (χ1) is 19.7. The Bertz CT molecular complexity index is 1610. The summed E-state index contributed by atoms with van der Waals surface area (Å²) in [6, 6.07) is 16.9. The van der Waals surface area contributed by atoms with Crippen molar-refractivity contribution in [2.45, 2.75) is 18.9 Å². The number of carbonyl (C=O) groups excluding carboxylic acids is 1. The lowest BCUT2D eigenvalue weighted by Gasteiger charge is -2.21. The van der Waals surface area contributed by atoms with Crippen LogP contribution in [0.25, 0.3) is 16.9 Å². The molecule has 1 aliphatic rings. The van der Waals surface area contributed by atoms with Crippen LogP contribution < -0.4 is 16.2 Å². The number of ether oxygens (including phenoxy) is 1. The van der Waals surface area contributed by atoms with Gasteiger partial charge in [-0.1, -0.05) is 35.9 Å². The average molecular weight is 579 g/mol. The molecule has 2 aromatic heterocycles. The topological polar surface area (TPSA) is 93.4 Å². The molecule has 3 heterocycles. The molecule has 214 valence electrons. The Balaban J connectivity index is 1.44. The van der Waals surface area contributed by atoms with Gasteiger partial charge in [-0.25, -0.2) is 13.9 Å². The van der Waals surface area contributed by atoms with Crippen molar-refractivity contribution in [3.8, 4) is 16.9 Å². The molecule has 2 atom stereocenters.